The Bertz CT molecular complexity index is 1170. The molecule has 0 radical (unpaired) electrons. The lowest BCUT2D eigenvalue weighted by Gasteiger charge is -2.17. The van der Waals surface area contributed by atoms with Crippen molar-refractivity contribution in [2.24, 2.45) is 5.10 Å². The second-order valence-electron chi connectivity index (χ2n) is 7.11. The number of phenols is 1. The lowest BCUT2D eigenvalue weighted by molar-refractivity contribution is -0.392. The molecule has 1 aliphatic heterocycles. The highest BCUT2D eigenvalue weighted by molar-refractivity contribution is 5.98. The van der Waals surface area contributed by atoms with Gasteiger partial charge in [-0.3, -0.25) is 35.1 Å². The summed E-state index contributed by atoms with van der Waals surface area (Å²) in [6.45, 7) is 0.821. The number of aromatic hydroxyl groups is 1. The molecule has 34 heavy (non-hydrogen) atoms. The van der Waals surface area contributed by atoms with Crippen molar-refractivity contribution < 1.29 is 29.4 Å². The second kappa shape index (κ2) is 9.76. The fourth-order valence-electron chi connectivity index (χ4n) is 3.48. The fraction of sp³-hybridized carbons (Fsp3) is 0.263. The summed E-state index contributed by atoms with van der Waals surface area (Å²) in [5, 5.41) is 48.0. The summed E-state index contributed by atoms with van der Waals surface area (Å²) in [4.78, 5) is 46.0. The normalized spacial score (nSPS) is 13.1. The first kappa shape index (κ1) is 23.8. The van der Waals surface area contributed by atoms with Crippen molar-refractivity contribution in [2.45, 2.75) is 12.8 Å². The molecule has 1 fully saturated rings. The summed E-state index contributed by atoms with van der Waals surface area (Å²) in [7, 11) is 1.19. The minimum absolute atomic E-state index is 0.160. The van der Waals surface area contributed by atoms with E-state index in [1.165, 1.54) is 12.0 Å². The van der Waals surface area contributed by atoms with E-state index in [0.29, 0.717) is 13.1 Å². The van der Waals surface area contributed by atoms with Crippen molar-refractivity contribution in [3.8, 4) is 11.5 Å². The monoisotopic (exact) mass is 474 g/mol. The zero-order valence-corrected chi connectivity index (χ0v) is 17.7. The standard InChI is InChI=1S/C19H18N6O9/c1-34-16-9-13(23(28)29)6-12(18(16)26)10-20-21-19(27)11-7-14(24(30)31)17(15(8-11)25(32)33)22-4-2-3-5-22/h6-10,26H,2-5H2,1H3,(H,21,27)/b20-10+. The maximum Gasteiger partial charge on any atom is 0.300 e. The van der Waals surface area contributed by atoms with E-state index in [4.69, 9.17) is 4.74 Å². The molecule has 1 aliphatic rings. The Labute approximate surface area is 190 Å². The maximum atomic E-state index is 12.5. The Balaban J connectivity index is 1.93. The molecule has 0 saturated carbocycles. The van der Waals surface area contributed by atoms with Crippen molar-refractivity contribution >= 4 is 34.9 Å². The second-order valence-corrected chi connectivity index (χ2v) is 7.11. The minimum Gasteiger partial charge on any atom is -0.504 e. The van der Waals surface area contributed by atoms with Crippen molar-refractivity contribution in [1.29, 1.82) is 0 Å². The van der Waals surface area contributed by atoms with Gasteiger partial charge in [0, 0.05) is 36.9 Å². The van der Waals surface area contributed by atoms with E-state index in [1.807, 2.05) is 5.43 Å². The highest BCUT2D eigenvalue weighted by Crippen LogP contribution is 2.40. The largest absolute Gasteiger partial charge is 0.504 e. The van der Waals surface area contributed by atoms with E-state index in [1.54, 1.807) is 0 Å². The molecule has 0 unspecified atom stereocenters. The first-order chi connectivity index (χ1) is 16.1. The van der Waals surface area contributed by atoms with Crippen LogP contribution in [0.3, 0.4) is 0 Å². The molecule has 2 aromatic rings. The Hall–Kier alpha value is -4.82. The van der Waals surface area contributed by atoms with Crippen LogP contribution in [0.25, 0.3) is 0 Å². The SMILES string of the molecule is COc1cc([N+](=O)[O-])cc(/C=N/NC(=O)c2cc([N+](=O)[O-])c(N3CCCC3)c([N+](=O)[O-])c2)c1O. The summed E-state index contributed by atoms with van der Waals surface area (Å²) in [5.41, 5.74) is -0.276. The van der Waals surface area contributed by atoms with Crippen LogP contribution >= 0.6 is 0 Å². The predicted octanol–water partition coefficient (Wildman–Crippen LogP) is 2.49. The number of hydrogen-bond donors (Lipinski definition) is 2. The fourth-order valence-corrected chi connectivity index (χ4v) is 3.48. The highest BCUT2D eigenvalue weighted by atomic mass is 16.6. The molecule has 1 amide bonds. The van der Waals surface area contributed by atoms with Crippen molar-refractivity contribution in [2.75, 3.05) is 25.1 Å². The van der Waals surface area contributed by atoms with Gasteiger partial charge in [-0.05, 0) is 12.8 Å². The Morgan fingerprint density at radius 2 is 1.65 bits per heavy atom. The molecule has 0 aliphatic carbocycles. The first-order valence-electron chi connectivity index (χ1n) is 9.74. The summed E-state index contributed by atoms with van der Waals surface area (Å²) >= 11 is 0. The average Bonchev–Trinajstić information content (AvgIpc) is 3.33. The molecule has 178 valence electrons. The van der Waals surface area contributed by atoms with Gasteiger partial charge in [0.15, 0.2) is 17.2 Å². The highest BCUT2D eigenvalue weighted by Gasteiger charge is 2.33. The number of nitrogens with zero attached hydrogens (tertiary/aromatic N) is 5. The number of amides is 1. The zero-order valence-electron chi connectivity index (χ0n) is 17.7. The van der Waals surface area contributed by atoms with Gasteiger partial charge in [0.05, 0.1) is 39.7 Å². The van der Waals surface area contributed by atoms with Gasteiger partial charge in [0.1, 0.15) is 0 Å². The van der Waals surface area contributed by atoms with Crippen LogP contribution in [0.2, 0.25) is 0 Å². The molecule has 0 atom stereocenters. The molecule has 2 N–H and O–H groups in total. The number of anilines is 1. The lowest BCUT2D eigenvalue weighted by atomic mass is 10.1. The molecular weight excluding hydrogens is 456 g/mol. The number of benzene rings is 2. The number of phenolic OH excluding ortho intramolecular Hbond substituents is 1. The molecule has 15 nitrogen and oxygen atoms in total. The van der Waals surface area contributed by atoms with Crippen molar-refractivity contribution in [3.05, 3.63) is 65.7 Å². The molecule has 1 heterocycles. The number of nitro groups is 3. The molecule has 1 saturated heterocycles. The molecule has 3 rings (SSSR count). The Morgan fingerprint density at radius 3 is 2.15 bits per heavy atom. The van der Waals surface area contributed by atoms with Gasteiger partial charge in [-0.25, -0.2) is 5.43 Å². The predicted molar refractivity (Wildman–Crippen MR) is 118 cm³/mol. The van der Waals surface area contributed by atoms with Gasteiger partial charge in [0.25, 0.3) is 23.0 Å². The average molecular weight is 474 g/mol. The van der Waals surface area contributed by atoms with Crippen LogP contribution in [0.4, 0.5) is 22.7 Å². The number of nitrogens with one attached hydrogen (secondary N) is 1. The molecule has 0 bridgehead atoms. The number of hydrogen-bond acceptors (Lipinski definition) is 11. The summed E-state index contributed by atoms with van der Waals surface area (Å²) < 4.78 is 4.86. The molecule has 0 aromatic heterocycles. The molecule has 0 spiro atoms. The van der Waals surface area contributed by atoms with Gasteiger partial charge in [-0.15, -0.1) is 0 Å². The number of methoxy groups -OCH3 is 1. The van der Waals surface area contributed by atoms with Gasteiger partial charge in [-0.1, -0.05) is 0 Å². The third kappa shape index (κ3) is 4.82. The van der Waals surface area contributed by atoms with E-state index in [9.17, 15) is 40.2 Å². The number of nitro benzene ring substituents is 3. The van der Waals surface area contributed by atoms with E-state index >= 15 is 0 Å². The Kier molecular flexibility index (Phi) is 6.84. The van der Waals surface area contributed by atoms with Crippen molar-refractivity contribution in [3.63, 3.8) is 0 Å². The minimum atomic E-state index is -1.01. The van der Waals surface area contributed by atoms with Gasteiger partial charge >= 0.3 is 0 Å². The van der Waals surface area contributed by atoms with Crippen LogP contribution in [-0.4, -0.2) is 52.2 Å². The third-order valence-corrected chi connectivity index (χ3v) is 5.04. The van der Waals surface area contributed by atoms with Crippen LogP contribution in [0.15, 0.2) is 29.4 Å². The number of rotatable bonds is 8. The zero-order chi connectivity index (χ0) is 25.0. The molecular formula is C19H18N6O9. The molecule has 15 heteroatoms. The van der Waals surface area contributed by atoms with Crippen LogP contribution in [-0.2, 0) is 0 Å². The van der Waals surface area contributed by atoms with E-state index in [0.717, 1.165) is 43.3 Å². The van der Waals surface area contributed by atoms with Crippen LogP contribution < -0.4 is 15.1 Å². The number of carbonyl (C=O) groups is 1. The van der Waals surface area contributed by atoms with Crippen LogP contribution in [0.5, 0.6) is 11.5 Å². The van der Waals surface area contributed by atoms with E-state index in [-0.39, 0.29) is 22.6 Å². The van der Waals surface area contributed by atoms with Crippen LogP contribution in [0.1, 0.15) is 28.8 Å². The van der Waals surface area contributed by atoms with Gasteiger partial charge in [-0.2, -0.15) is 5.10 Å². The first-order valence-corrected chi connectivity index (χ1v) is 9.74. The number of ether oxygens (including phenoxy) is 1. The number of carbonyl (C=O) groups excluding carboxylic acids is 1. The van der Waals surface area contributed by atoms with Gasteiger partial charge < -0.3 is 14.7 Å². The number of non-ortho nitro benzene ring substituents is 1. The van der Waals surface area contributed by atoms with Crippen molar-refractivity contribution in [1.82, 2.24) is 5.43 Å². The topological polar surface area (TPSA) is 204 Å². The third-order valence-electron chi connectivity index (χ3n) is 5.04. The van der Waals surface area contributed by atoms with Crippen LogP contribution in [0, 0.1) is 30.3 Å². The molecule has 2 aromatic carbocycles. The lowest BCUT2D eigenvalue weighted by Crippen LogP contribution is -2.22. The van der Waals surface area contributed by atoms with Gasteiger partial charge in [0.2, 0.25) is 0 Å². The summed E-state index contributed by atoms with van der Waals surface area (Å²) in [6.07, 6.45) is 2.34. The maximum absolute atomic E-state index is 12.5. The Morgan fingerprint density at radius 1 is 1.06 bits per heavy atom. The summed E-state index contributed by atoms with van der Waals surface area (Å²) in [5.74, 6) is -1.69. The van der Waals surface area contributed by atoms with E-state index < -0.39 is 43.5 Å². The summed E-state index contributed by atoms with van der Waals surface area (Å²) in [6, 6.07) is 3.80. The smallest absolute Gasteiger partial charge is 0.300 e. The quantitative estimate of drug-likeness (QED) is 0.325. The number of hydrazone groups is 1. The van der Waals surface area contributed by atoms with E-state index in [2.05, 4.69) is 5.10 Å².